The van der Waals surface area contributed by atoms with Crippen LogP contribution in [0.2, 0.25) is 0 Å². The molecular weight excluding hydrogens is 252 g/mol. The molecule has 1 fully saturated rings. The van der Waals surface area contributed by atoms with Crippen LogP contribution in [0.1, 0.15) is 39.0 Å². The fourth-order valence-electron chi connectivity index (χ4n) is 3.10. The van der Waals surface area contributed by atoms with E-state index in [1.54, 1.807) is 0 Å². The highest BCUT2D eigenvalue weighted by Crippen LogP contribution is 2.22. The minimum absolute atomic E-state index is 0.641. The zero-order chi connectivity index (χ0) is 13.8. The summed E-state index contributed by atoms with van der Waals surface area (Å²) in [5.74, 6) is 0.719. The van der Waals surface area contributed by atoms with E-state index in [2.05, 4.69) is 55.4 Å². The van der Waals surface area contributed by atoms with Gasteiger partial charge in [-0.3, -0.25) is 4.90 Å². The van der Waals surface area contributed by atoms with E-state index in [1.807, 2.05) is 11.3 Å². The van der Waals surface area contributed by atoms with Gasteiger partial charge < -0.3 is 5.32 Å². The van der Waals surface area contributed by atoms with E-state index in [0.717, 1.165) is 12.5 Å². The normalized spacial score (nSPS) is 26.8. The Morgan fingerprint density at radius 2 is 2.21 bits per heavy atom. The van der Waals surface area contributed by atoms with Crippen molar-refractivity contribution in [3.05, 3.63) is 22.4 Å². The number of hydrogen-bond donors (Lipinski definition) is 1. The maximum absolute atomic E-state index is 3.70. The lowest BCUT2D eigenvalue weighted by atomic mass is 9.95. The molecule has 1 aromatic heterocycles. The summed E-state index contributed by atoms with van der Waals surface area (Å²) < 4.78 is 0. The minimum atomic E-state index is 0.641. The molecule has 0 saturated carbocycles. The standard InChI is InChI=1S/C16H28N2S/c1-5-14-11-18(16(10-17-14)12(2)3)13(4)9-15-7-6-8-19-15/h6-8,12-14,16-17H,5,9-11H2,1-4H3. The Balaban J connectivity index is 2.03. The second kappa shape index (κ2) is 6.87. The Hall–Kier alpha value is -0.380. The molecule has 3 unspecified atom stereocenters. The first-order valence-electron chi connectivity index (χ1n) is 7.63. The van der Waals surface area contributed by atoms with Crippen molar-refractivity contribution >= 4 is 11.3 Å². The summed E-state index contributed by atoms with van der Waals surface area (Å²) in [6.45, 7) is 11.7. The van der Waals surface area contributed by atoms with Gasteiger partial charge in [-0.25, -0.2) is 0 Å². The van der Waals surface area contributed by atoms with Gasteiger partial charge in [0.15, 0.2) is 0 Å². The van der Waals surface area contributed by atoms with Gasteiger partial charge in [0.1, 0.15) is 0 Å². The fraction of sp³-hybridized carbons (Fsp3) is 0.750. The van der Waals surface area contributed by atoms with Crippen molar-refractivity contribution in [2.24, 2.45) is 5.92 Å². The third-order valence-electron chi connectivity index (χ3n) is 4.38. The van der Waals surface area contributed by atoms with E-state index >= 15 is 0 Å². The van der Waals surface area contributed by atoms with Crippen molar-refractivity contribution in [1.29, 1.82) is 0 Å². The maximum Gasteiger partial charge on any atom is 0.0247 e. The maximum atomic E-state index is 3.70. The van der Waals surface area contributed by atoms with Gasteiger partial charge in [0.05, 0.1) is 0 Å². The van der Waals surface area contributed by atoms with Gasteiger partial charge in [-0.1, -0.05) is 26.8 Å². The van der Waals surface area contributed by atoms with Crippen molar-refractivity contribution in [2.75, 3.05) is 13.1 Å². The van der Waals surface area contributed by atoms with Gasteiger partial charge in [0.25, 0.3) is 0 Å². The Kier molecular flexibility index (Phi) is 5.43. The van der Waals surface area contributed by atoms with Crippen LogP contribution >= 0.6 is 11.3 Å². The van der Waals surface area contributed by atoms with Crippen molar-refractivity contribution < 1.29 is 0 Å². The molecule has 0 bridgehead atoms. The third kappa shape index (κ3) is 3.80. The molecular formula is C16H28N2S. The second-order valence-corrected chi connectivity index (χ2v) is 7.19. The van der Waals surface area contributed by atoms with E-state index in [9.17, 15) is 0 Å². The molecule has 2 nitrogen and oxygen atoms in total. The minimum Gasteiger partial charge on any atom is -0.311 e. The zero-order valence-electron chi connectivity index (χ0n) is 12.7. The average Bonchev–Trinajstić information content (AvgIpc) is 2.90. The van der Waals surface area contributed by atoms with Crippen LogP contribution in [0.4, 0.5) is 0 Å². The molecule has 0 radical (unpaired) electrons. The molecule has 19 heavy (non-hydrogen) atoms. The Bertz CT molecular complexity index is 361. The highest BCUT2D eigenvalue weighted by Gasteiger charge is 2.32. The molecule has 3 atom stereocenters. The molecule has 108 valence electrons. The molecule has 1 aromatic rings. The topological polar surface area (TPSA) is 15.3 Å². The molecule has 1 N–H and O–H groups in total. The summed E-state index contributed by atoms with van der Waals surface area (Å²) in [5.41, 5.74) is 0. The van der Waals surface area contributed by atoms with E-state index in [4.69, 9.17) is 0 Å². The first-order valence-corrected chi connectivity index (χ1v) is 8.51. The summed E-state index contributed by atoms with van der Waals surface area (Å²) >= 11 is 1.89. The van der Waals surface area contributed by atoms with Crippen LogP contribution in [0.25, 0.3) is 0 Å². The molecule has 3 heteroatoms. The predicted octanol–water partition coefficient (Wildman–Crippen LogP) is 3.39. The number of hydrogen-bond acceptors (Lipinski definition) is 3. The number of piperazine rings is 1. The molecule has 2 heterocycles. The highest BCUT2D eigenvalue weighted by molar-refractivity contribution is 7.09. The van der Waals surface area contributed by atoms with Gasteiger partial charge in [-0.15, -0.1) is 11.3 Å². The van der Waals surface area contributed by atoms with Crippen molar-refractivity contribution in [2.45, 2.75) is 58.7 Å². The van der Waals surface area contributed by atoms with E-state index in [1.165, 1.54) is 24.3 Å². The lowest BCUT2D eigenvalue weighted by Gasteiger charge is -2.45. The summed E-state index contributed by atoms with van der Waals surface area (Å²) in [4.78, 5) is 4.26. The smallest absolute Gasteiger partial charge is 0.0247 e. The van der Waals surface area contributed by atoms with Crippen LogP contribution in [0, 0.1) is 5.92 Å². The molecule has 1 aliphatic rings. The SMILES string of the molecule is CCC1CN(C(C)Cc2cccs2)C(C(C)C)CN1. The van der Waals surface area contributed by atoms with Crippen molar-refractivity contribution in [3.8, 4) is 0 Å². The highest BCUT2D eigenvalue weighted by atomic mass is 32.1. The van der Waals surface area contributed by atoms with E-state index < -0.39 is 0 Å². The van der Waals surface area contributed by atoms with Crippen molar-refractivity contribution in [1.82, 2.24) is 10.2 Å². The zero-order valence-corrected chi connectivity index (χ0v) is 13.5. The molecule has 1 saturated heterocycles. The van der Waals surface area contributed by atoms with Crippen LogP contribution < -0.4 is 5.32 Å². The third-order valence-corrected chi connectivity index (χ3v) is 5.28. The molecule has 0 aliphatic carbocycles. The first-order chi connectivity index (χ1) is 9.11. The first kappa shape index (κ1) is 15.0. The van der Waals surface area contributed by atoms with Crippen LogP contribution in [0.3, 0.4) is 0 Å². The van der Waals surface area contributed by atoms with Crippen LogP contribution in [0.5, 0.6) is 0 Å². The summed E-state index contributed by atoms with van der Waals surface area (Å²) in [6, 6.07) is 6.42. The van der Waals surface area contributed by atoms with Gasteiger partial charge in [0, 0.05) is 36.1 Å². The van der Waals surface area contributed by atoms with E-state index in [0.29, 0.717) is 18.1 Å². The Labute approximate surface area is 122 Å². The fourth-order valence-corrected chi connectivity index (χ4v) is 3.92. The lowest BCUT2D eigenvalue weighted by Crippen LogP contribution is -2.60. The van der Waals surface area contributed by atoms with E-state index in [-0.39, 0.29) is 0 Å². The number of rotatable bonds is 5. The van der Waals surface area contributed by atoms with Gasteiger partial charge in [-0.05, 0) is 37.1 Å². The summed E-state index contributed by atoms with van der Waals surface area (Å²) in [5, 5.41) is 5.89. The lowest BCUT2D eigenvalue weighted by molar-refractivity contribution is 0.0617. The molecule has 0 spiro atoms. The van der Waals surface area contributed by atoms with Gasteiger partial charge >= 0.3 is 0 Å². The van der Waals surface area contributed by atoms with Gasteiger partial charge in [0.2, 0.25) is 0 Å². The Morgan fingerprint density at radius 3 is 2.79 bits per heavy atom. The number of thiophene rings is 1. The average molecular weight is 280 g/mol. The summed E-state index contributed by atoms with van der Waals surface area (Å²) in [6.07, 6.45) is 2.42. The molecule has 0 aromatic carbocycles. The Morgan fingerprint density at radius 1 is 1.42 bits per heavy atom. The quantitative estimate of drug-likeness (QED) is 0.889. The van der Waals surface area contributed by atoms with Crippen molar-refractivity contribution in [3.63, 3.8) is 0 Å². The second-order valence-electron chi connectivity index (χ2n) is 6.15. The van der Waals surface area contributed by atoms with Crippen LogP contribution in [-0.4, -0.2) is 36.1 Å². The molecule has 2 rings (SSSR count). The molecule has 0 amide bonds. The molecule has 1 aliphatic heterocycles. The number of nitrogens with zero attached hydrogens (tertiary/aromatic N) is 1. The summed E-state index contributed by atoms with van der Waals surface area (Å²) in [7, 11) is 0. The largest absolute Gasteiger partial charge is 0.311 e. The van der Waals surface area contributed by atoms with Gasteiger partial charge in [-0.2, -0.15) is 0 Å². The predicted molar refractivity (Wildman–Crippen MR) is 84.9 cm³/mol. The van der Waals surface area contributed by atoms with Crippen LogP contribution in [-0.2, 0) is 6.42 Å². The van der Waals surface area contributed by atoms with Crippen LogP contribution in [0.15, 0.2) is 17.5 Å². The monoisotopic (exact) mass is 280 g/mol. The number of nitrogens with one attached hydrogen (secondary N) is 1.